The molecule has 1 N–H and O–H groups in total. The van der Waals surface area contributed by atoms with Gasteiger partial charge in [0.15, 0.2) is 0 Å². The number of anilines is 1. The number of aryl methyl sites for hydroxylation is 1. The maximum atomic E-state index is 12.0. The van der Waals surface area contributed by atoms with Crippen LogP contribution >= 0.6 is 0 Å². The summed E-state index contributed by atoms with van der Waals surface area (Å²) >= 11 is 0. The number of benzene rings is 1. The van der Waals surface area contributed by atoms with Crippen LogP contribution in [0.3, 0.4) is 0 Å². The predicted molar refractivity (Wildman–Crippen MR) is 70.6 cm³/mol. The molecule has 0 aliphatic rings. The lowest BCUT2D eigenvalue weighted by Crippen LogP contribution is -2.37. The molecule has 1 aromatic rings. The Hall–Kier alpha value is -1.84. The minimum atomic E-state index is -0.891. The fourth-order valence-electron chi connectivity index (χ4n) is 1.74. The molecule has 0 spiro atoms. The minimum Gasteiger partial charge on any atom is -0.481 e. The molecule has 4 heteroatoms. The first kappa shape index (κ1) is 14.2. The number of para-hydroxylation sites is 1. The Labute approximate surface area is 107 Å². The van der Waals surface area contributed by atoms with Crippen LogP contribution in [-0.2, 0) is 9.59 Å². The lowest BCUT2D eigenvalue weighted by Gasteiger charge is -2.25. The Morgan fingerprint density at radius 3 is 2.44 bits per heavy atom. The third kappa shape index (κ3) is 3.32. The molecule has 1 rings (SSSR count). The third-order valence-electron chi connectivity index (χ3n) is 2.89. The van der Waals surface area contributed by atoms with Gasteiger partial charge in [-0.05, 0) is 18.6 Å². The SMILES string of the molecule is CCC(=O)N(CC(C)C(=O)O)c1ccccc1C. The van der Waals surface area contributed by atoms with Gasteiger partial charge >= 0.3 is 5.97 Å². The summed E-state index contributed by atoms with van der Waals surface area (Å²) in [5, 5.41) is 8.96. The molecule has 1 atom stereocenters. The number of hydrogen-bond acceptors (Lipinski definition) is 2. The van der Waals surface area contributed by atoms with Crippen molar-refractivity contribution in [3.8, 4) is 0 Å². The zero-order chi connectivity index (χ0) is 13.7. The third-order valence-corrected chi connectivity index (χ3v) is 2.89. The predicted octanol–water partition coefficient (Wildman–Crippen LogP) is 2.46. The number of amides is 1. The summed E-state index contributed by atoms with van der Waals surface area (Å²) in [5.74, 6) is -1.53. The molecule has 1 aromatic carbocycles. The Bertz CT molecular complexity index is 442. The van der Waals surface area contributed by atoms with E-state index in [1.807, 2.05) is 31.2 Å². The fraction of sp³-hybridized carbons (Fsp3) is 0.429. The first-order chi connectivity index (χ1) is 8.47. The highest BCUT2D eigenvalue weighted by atomic mass is 16.4. The number of carboxylic acids is 1. The van der Waals surface area contributed by atoms with E-state index in [-0.39, 0.29) is 12.5 Å². The van der Waals surface area contributed by atoms with E-state index < -0.39 is 11.9 Å². The summed E-state index contributed by atoms with van der Waals surface area (Å²) in [6, 6.07) is 7.51. The van der Waals surface area contributed by atoms with Crippen molar-refractivity contribution in [3.05, 3.63) is 29.8 Å². The first-order valence-electron chi connectivity index (χ1n) is 6.06. The van der Waals surface area contributed by atoms with E-state index in [9.17, 15) is 9.59 Å². The summed E-state index contributed by atoms with van der Waals surface area (Å²) in [6.07, 6.45) is 0.362. The normalized spacial score (nSPS) is 11.9. The molecule has 0 saturated carbocycles. The molecular formula is C14H19NO3. The molecule has 0 radical (unpaired) electrons. The zero-order valence-electron chi connectivity index (χ0n) is 11.0. The number of rotatable bonds is 5. The largest absolute Gasteiger partial charge is 0.481 e. The van der Waals surface area contributed by atoms with Gasteiger partial charge in [0.2, 0.25) is 5.91 Å². The molecule has 18 heavy (non-hydrogen) atoms. The minimum absolute atomic E-state index is 0.0580. The fourth-order valence-corrected chi connectivity index (χ4v) is 1.74. The Kier molecular flexibility index (Phi) is 4.89. The number of carboxylic acid groups (broad SMARTS) is 1. The Morgan fingerprint density at radius 1 is 1.33 bits per heavy atom. The van der Waals surface area contributed by atoms with E-state index in [0.29, 0.717) is 6.42 Å². The number of carbonyl (C=O) groups excluding carboxylic acids is 1. The molecule has 1 unspecified atom stereocenters. The van der Waals surface area contributed by atoms with Crippen molar-refractivity contribution in [3.63, 3.8) is 0 Å². The first-order valence-corrected chi connectivity index (χ1v) is 6.06. The molecular weight excluding hydrogens is 230 g/mol. The molecule has 0 aromatic heterocycles. The van der Waals surface area contributed by atoms with Gasteiger partial charge in [0.05, 0.1) is 5.92 Å². The second-order valence-electron chi connectivity index (χ2n) is 4.38. The number of nitrogens with zero attached hydrogens (tertiary/aromatic N) is 1. The van der Waals surface area contributed by atoms with Gasteiger partial charge in [-0.15, -0.1) is 0 Å². The lowest BCUT2D eigenvalue weighted by atomic mass is 10.1. The number of hydrogen-bond donors (Lipinski definition) is 1. The monoisotopic (exact) mass is 249 g/mol. The molecule has 0 bridgehead atoms. The van der Waals surface area contributed by atoms with Crippen LogP contribution in [0, 0.1) is 12.8 Å². The molecule has 0 saturated heterocycles. The van der Waals surface area contributed by atoms with Crippen LogP contribution < -0.4 is 4.90 Å². The average molecular weight is 249 g/mol. The Morgan fingerprint density at radius 2 is 1.94 bits per heavy atom. The molecule has 0 aliphatic carbocycles. The van der Waals surface area contributed by atoms with Gasteiger partial charge in [-0.2, -0.15) is 0 Å². The van der Waals surface area contributed by atoms with Gasteiger partial charge in [0, 0.05) is 18.7 Å². The van der Waals surface area contributed by atoms with Crippen LogP contribution in [0.25, 0.3) is 0 Å². The molecule has 1 amide bonds. The molecule has 0 fully saturated rings. The smallest absolute Gasteiger partial charge is 0.308 e. The van der Waals surface area contributed by atoms with Gasteiger partial charge in [-0.25, -0.2) is 0 Å². The van der Waals surface area contributed by atoms with Crippen molar-refractivity contribution in [2.75, 3.05) is 11.4 Å². The average Bonchev–Trinajstić information content (AvgIpc) is 2.35. The van der Waals surface area contributed by atoms with Crippen molar-refractivity contribution in [2.45, 2.75) is 27.2 Å². The van der Waals surface area contributed by atoms with E-state index in [1.165, 1.54) is 0 Å². The van der Waals surface area contributed by atoms with E-state index in [2.05, 4.69) is 0 Å². The maximum absolute atomic E-state index is 12.0. The quantitative estimate of drug-likeness (QED) is 0.872. The van der Waals surface area contributed by atoms with Crippen LogP contribution in [0.15, 0.2) is 24.3 Å². The summed E-state index contributed by atoms with van der Waals surface area (Å²) in [6.45, 7) is 5.50. The topological polar surface area (TPSA) is 57.6 Å². The van der Waals surface area contributed by atoms with Crippen molar-refractivity contribution < 1.29 is 14.7 Å². The summed E-state index contributed by atoms with van der Waals surface area (Å²) in [4.78, 5) is 24.4. The lowest BCUT2D eigenvalue weighted by molar-refractivity contribution is -0.140. The van der Waals surface area contributed by atoms with Crippen LogP contribution in [-0.4, -0.2) is 23.5 Å². The van der Waals surface area contributed by atoms with E-state index in [4.69, 9.17) is 5.11 Å². The van der Waals surface area contributed by atoms with Crippen LogP contribution in [0.2, 0.25) is 0 Å². The van der Waals surface area contributed by atoms with Crippen LogP contribution in [0.4, 0.5) is 5.69 Å². The van der Waals surface area contributed by atoms with Crippen LogP contribution in [0.1, 0.15) is 25.8 Å². The highest BCUT2D eigenvalue weighted by molar-refractivity contribution is 5.94. The van der Waals surface area contributed by atoms with Gasteiger partial charge in [-0.3, -0.25) is 9.59 Å². The van der Waals surface area contributed by atoms with Crippen molar-refractivity contribution >= 4 is 17.6 Å². The standard InChI is InChI=1S/C14H19NO3/c1-4-13(16)15(9-11(3)14(17)18)12-8-6-5-7-10(12)2/h5-8,11H,4,9H2,1-3H3,(H,17,18). The second kappa shape index (κ2) is 6.19. The second-order valence-corrected chi connectivity index (χ2v) is 4.38. The van der Waals surface area contributed by atoms with E-state index >= 15 is 0 Å². The summed E-state index contributed by atoms with van der Waals surface area (Å²) in [5.41, 5.74) is 1.76. The van der Waals surface area contributed by atoms with E-state index in [0.717, 1.165) is 11.3 Å². The van der Waals surface area contributed by atoms with Crippen molar-refractivity contribution in [2.24, 2.45) is 5.92 Å². The molecule has 98 valence electrons. The number of aliphatic carboxylic acids is 1. The van der Waals surface area contributed by atoms with Crippen molar-refractivity contribution in [1.82, 2.24) is 0 Å². The van der Waals surface area contributed by atoms with Crippen molar-refractivity contribution in [1.29, 1.82) is 0 Å². The molecule has 4 nitrogen and oxygen atoms in total. The number of carbonyl (C=O) groups is 2. The van der Waals surface area contributed by atoms with Gasteiger partial charge in [0.25, 0.3) is 0 Å². The summed E-state index contributed by atoms with van der Waals surface area (Å²) in [7, 11) is 0. The highest BCUT2D eigenvalue weighted by Crippen LogP contribution is 2.21. The Balaban J connectivity index is 3.03. The van der Waals surface area contributed by atoms with Gasteiger partial charge < -0.3 is 10.0 Å². The van der Waals surface area contributed by atoms with Crippen LogP contribution in [0.5, 0.6) is 0 Å². The summed E-state index contributed by atoms with van der Waals surface area (Å²) < 4.78 is 0. The van der Waals surface area contributed by atoms with E-state index in [1.54, 1.807) is 18.7 Å². The molecule has 0 heterocycles. The highest BCUT2D eigenvalue weighted by Gasteiger charge is 2.21. The van der Waals surface area contributed by atoms with Gasteiger partial charge in [-0.1, -0.05) is 32.0 Å². The van der Waals surface area contributed by atoms with Gasteiger partial charge in [0.1, 0.15) is 0 Å². The molecule has 0 aliphatic heterocycles. The zero-order valence-corrected chi connectivity index (χ0v) is 11.0. The maximum Gasteiger partial charge on any atom is 0.308 e.